The quantitative estimate of drug-likeness (QED) is 0.802. The lowest BCUT2D eigenvalue weighted by Crippen LogP contribution is -2.37. The van der Waals surface area contributed by atoms with E-state index in [9.17, 15) is 4.79 Å². The van der Waals surface area contributed by atoms with Gasteiger partial charge in [0.15, 0.2) is 0 Å². The molecule has 0 saturated carbocycles. The monoisotopic (exact) mass is 335 g/mol. The first-order valence-corrected chi connectivity index (χ1v) is 8.56. The highest BCUT2D eigenvalue weighted by atomic mass is 16.5. The smallest absolute Gasteiger partial charge is 0.337 e. The third-order valence-electron chi connectivity index (χ3n) is 4.96. The molecular formula is C21H21NO3. The number of hydrogen-bond donors (Lipinski definition) is 0. The lowest BCUT2D eigenvalue weighted by atomic mass is 9.89. The number of esters is 1. The number of ether oxygens (including phenoxy) is 2. The van der Waals surface area contributed by atoms with Gasteiger partial charge in [0, 0.05) is 25.1 Å². The van der Waals surface area contributed by atoms with Gasteiger partial charge in [-0.25, -0.2) is 4.79 Å². The fourth-order valence-corrected chi connectivity index (χ4v) is 3.74. The van der Waals surface area contributed by atoms with Gasteiger partial charge in [-0.3, -0.25) is 0 Å². The lowest BCUT2D eigenvalue weighted by molar-refractivity contribution is -0.139. The molecule has 128 valence electrons. The SMILES string of the molecule is COC(=O)C1=CN(Cc2ccccc2)[C@@H]2C[C@H](c3ccccc3)[C@H]1O2. The Morgan fingerprint density at radius 2 is 1.80 bits per heavy atom. The van der Waals surface area contributed by atoms with Crippen LogP contribution in [0.2, 0.25) is 0 Å². The van der Waals surface area contributed by atoms with Crippen LogP contribution in [0.5, 0.6) is 0 Å². The molecule has 4 rings (SSSR count). The van der Waals surface area contributed by atoms with Crippen molar-refractivity contribution in [3.05, 3.63) is 83.6 Å². The minimum absolute atomic E-state index is 0.0242. The van der Waals surface area contributed by atoms with Gasteiger partial charge in [-0.2, -0.15) is 0 Å². The second kappa shape index (κ2) is 6.73. The Morgan fingerprint density at radius 3 is 2.48 bits per heavy atom. The van der Waals surface area contributed by atoms with Gasteiger partial charge in [0.2, 0.25) is 0 Å². The third kappa shape index (κ3) is 3.05. The molecule has 4 nitrogen and oxygen atoms in total. The summed E-state index contributed by atoms with van der Waals surface area (Å²) in [5.74, 6) is -0.151. The van der Waals surface area contributed by atoms with E-state index in [1.807, 2.05) is 42.6 Å². The van der Waals surface area contributed by atoms with E-state index in [1.54, 1.807) is 0 Å². The molecule has 0 aromatic heterocycles. The zero-order chi connectivity index (χ0) is 17.2. The molecule has 0 unspecified atom stereocenters. The highest BCUT2D eigenvalue weighted by molar-refractivity contribution is 5.90. The van der Waals surface area contributed by atoms with Crippen LogP contribution in [0.15, 0.2) is 72.4 Å². The van der Waals surface area contributed by atoms with Crippen LogP contribution >= 0.6 is 0 Å². The molecule has 0 N–H and O–H groups in total. The molecule has 0 spiro atoms. The van der Waals surface area contributed by atoms with Gasteiger partial charge in [0.1, 0.15) is 12.3 Å². The Labute approximate surface area is 147 Å². The first kappa shape index (κ1) is 15.9. The topological polar surface area (TPSA) is 38.8 Å². The average Bonchev–Trinajstić information content (AvgIpc) is 3.05. The molecule has 2 aromatic rings. The van der Waals surface area contributed by atoms with E-state index >= 15 is 0 Å². The van der Waals surface area contributed by atoms with E-state index in [1.165, 1.54) is 18.2 Å². The molecule has 0 amide bonds. The van der Waals surface area contributed by atoms with Crippen LogP contribution in [0.4, 0.5) is 0 Å². The van der Waals surface area contributed by atoms with Gasteiger partial charge < -0.3 is 14.4 Å². The van der Waals surface area contributed by atoms with Crippen molar-refractivity contribution in [2.45, 2.75) is 31.2 Å². The molecule has 0 radical (unpaired) electrons. The Hall–Kier alpha value is -2.59. The Bertz CT molecular complexity index is 772. The van der Waals surface area contributed by atoms with Crippen molar-refractivity contribution in [1.29, 1.82) is 0 Å². The molecule has 2 bridgehead atoms. The number of methoxy groups -OCH3 is 1. The molecule has 2 aliphatic heterocycles. The molecule has 25 heavy (non-hydrogen) atoms. The molecule has 3 atom stereocenters. The summed E-state index contributed by atoms with van der Waals surface area (Å²) in [7, 11) is 1.42. The summed E-state index contributed by atoms with van der Waals surface area (Å²) in [6, 6.07) is 20.5. The Balaban J connectivity index is 1.65. The van der Waals surface area contributed by atoms with Crippen molar-refractivity contribution in [1.82, 2.24) is 4.90 Å². The summed E-state index contributed by atoms with van der Waals surface area (Å²) < 4.78 is 11.3. The van der Waals surface area contributed by atoms with Gasteiger partial charge in [-0.15, -0.1) is 0 Å². The summed E-state index contributed by atoms with van der Waals surface area (Å²) >= 11 is 0. The van der Waals surface area contributed by atoms with E-state index in [4.69, 9.17) is 9.47 Å². The second-order valence-corrected chi connectivity index (χ2v) is 6.50. The fourth-order valence-electron chi connectivity index (χ4n) is 3.74. The maximum absolute atomic E-state index is 12.3. The number of fused-ring (bicyclic) bond motifs is 2. The van der Waals surface area contributed by atoms with Crippen molar-refractivity contribution in [2.24, 2.45) is 0 Å². The maximum atomic E-state index is 12.3. The molecule has 0 aliphatic carbocycles. The molecule has 2 aromatic carbocycles. The largest absolute Gasteiger partial charge is 0.466 e. The average molecular weight is 335 g/mol. The molecule has 1 saturated heterocycles. The number of nitrogens with zero attached hydrogens (tertiary/aromatic N) is 1. The fraction of sp³-hybridized carbons (Fsp3) is 0.286. The zero-order valence-corrected chi connectivity index (χ0v) is 14.2. The van der Waals surface area contributed by atoms with Crippen LogP contribution in [-0.4, -0.2) is 30.3 Å². The first-order chi connectivity index (χ1) is 12.3. The van der Waals surface area contributed by atoms with E-state index < -0.39 is 0 Å². The van der Waals surface area contributed by atoms with Crippen molar-refractivity contribution < 1.29 is 14.3 Å². The number of carbonyl (C=O) groups is 1. The van der Waals surface area contributed by atoms with E-state index in [0.717, 1.165) is 6.42 Å². The van der Waals surface area contributed by atoms with Crippen molar-refractivity contribution in [3.8, 4) is 0 Å². The minimum Gasteiger partial charge on any atom is -0.466 e. The normalized spacial score (nSPS) is 24.8. The predicted octanol–water partition coefficient (Wildman–Crippen LogP) is 3.46. The zero-order valence-electron chi connectivity index (χ0n) is 14.2. The van der Waals surface area contributed by atoms with Gasteiger partial charge in [0.05, 0.1) is 12.7 Å². The van der Waals surface area contributed by atoms with Crippen LogP contribution in [0, 0.1) is 0 Å². The molecule has 2 heterocycles. The first-order valence-electron chi connectivity index (χ1n) is 8.56. The van der Waals surface area contributed by atoms with E-state index in [2.05, 4.69) is 29.2 Å². The van der Waals surface area contributed by atoms with Gasteiger partial charge in [0.25, 0.3) is 0 Å². The Morgan fingerprint density at radius 1 is 1.12 bits per heavy atom. The maximum Gasteiger partial charge on any atom is 0.337 e. The van der Waals surface area contributed by atoms with Crippen molar-refractivity contribution in [2.75, 3.05) is 7.11 Å². The summed E-state index contributed by atoms with van der Waals surface area (Å²) in [5.41, 5.74) is 2.99. The number of carbonyl (C=O) groups excluding carboxylic acids is 1. The van der Waals surface area contributed by atoms with Gasteiger partial charge in [-0.05, 0) is 11.1 Å². The highest BCUT2D eigenvalue weighted by Crippen LogP contribution is 2.43. The van der Waals surface area contributed by atoms with Crippen molar-refractivity contribution >= 4 is 5.97 Å². The molecule has 1 fully saturated rings. The van der Waals surface area contributed by atoms with Crippen LogP contribution in [0.25, 0.3) is 0 Å². The van der Waals surface area contributed by atoms with Crippen LogP contribution in [0.3, 0.4) is 0 Å². The van der Waals surface area contributed by atoms with Crippen LogP contribution < -0.4 is 0 Å². The Kier molecular flexibility index (Phi) is 4.28. The van der Waals surface area contributed by atoms with E-state index in [-0.39, 0.29) is 24.2 Å². The minimum atomic E-state index is -0.315. The standard InChI is InChI=1S/C21H21NO3/c1-24-21(23)18-14-22(13-15-8-4-2-5-9-15)19-12-17(20(18)25-19)16-10-6-3-7-11-16/h2-11,14,17,19-20H,12-13H2,1H3/t17-,19+,20-/m1/s1. The van der Waals surface area contributed by atoms with Crippen LogP contribution in [0.1, 0.15) is 23.5 Å². The van der Waals surface area contributed by atoms with Crippen molar-refractivity contribution in [3.63, 3.8) is 0 Å². The number of benzene rings is 2. The summed E-state index contributed by atoms with van der Waals surface area (Å²) in [4.78, 5) is 14.4. The summed E-state index contributed by atoms with van der Waals surface area (Å²) in [6.07, 6.45) is 2.52. The number of rotatable bonds is 4. The predicted molar refractivity (Wildman–Crippen MR) is 94.5 cm³/mol. The lowest BCUT2D eigenvalue weighted by Gasteiger charge is -2.32. The molecular weight excluding hydrogens is 314 g/mol. The second-order valence-electron chi connectivity index (χ2n) is 6.50. The van der Waals surface area contributed by atoms with E-state index in [0.29, 0.717) is 12.1 Å². The summed E-state index contributed by atoms with van der Waals surface area (Å²) in [5, 5.41) is 0. The highest BCUT2D eigenvalue weighted by Gasteiger charge is 2.46. The number of hydrogen-bond acceptors (Lipinski definition) is 4. The van der Waals surface area contributed by atoms with Gasteiger partial charge in [-0.1, -0.05) is 60.7 Å². The molecule has 4 heteroatoms. The van der Waals surface area contributed by atoms with Gasteiger partial charge >= 0.3 is 5.97 Å². The third-order valence-corrected chi connectivity index (χ3v) is 4.96. The summed E-state index contributed by atoms with van der Waals surface area (Å²) in [6.45, 7) is 0.709. The molecule has 2 aliphatic rings. The van der Waals surface area contributed by atoms with Crippen LogP contribution in [-0.2, 0) is 20.8 Å².